The van der Waals surface area contributed by atoms with Crippen LogP contribution in [0.1, 0.15) is 23.2 Å². The van der Waals surface area contributed by atoms with Gasteiger partial charge in [0.2, 0.25) is 5.91 Å². The van der Waals surface area contributed by atoms with Crippen molar-refractivity contribution in [2.45, 2.75) is 25.2 Å². The number of amides is 2. The van der Waals surface area contributed by atoms with Crippen LogP contribution in [-0.2, 0) is 4.79 Å². The van der Waals surface area contributed by atoms with Gasteiger partial charge in [0.15, 0.2) is 11.5 Å². The monoisotopic (exact) mass is 389 g/mol. The number of hydrogen-bond acceptors (Lipinski definition) is 5. The minimum Gasteiger partial charge on any atom is -0.395 e. The van der Waals surface area contributed by atoms with Crippen molar-refractivity contribution in [2.75, 3.05) is 17.2 Å². The van der Waals surface area contributed by atoms with Gasteiger partial charge < -0.3 is 25.4 Å². The van der Waals surface area contributed by atoms with Gasteiger partial charge in [0.25, 0.3) is 5.91 Å². The zero-order chi connectivity index (χ0) is 19.7. The van der Waals surface area contributed by atoms with Crippen LogP contribution in [0, 0.1) is 0 Å². The summed E-state index contributed by atoms with van der Waals surface area (Å²) in [6, 6.07) is 11.1. The van der Waals surface area contributed by atoms with Crippen molar-refractivity contribution in [3.63, 3.8) is 0 Å². The lowest BCUT2D eigenvalue weighted by atomic mass is 10.1. The lowest BCUT2D eigenvalue weighted by Gasteiger charge is -2.12. The van der Waals surface area contributed by atoms with Crippen LogP contribution in [0.15, 0.2) is 42.5 Å². The molecule has 1 aliphatic heterocycles. The molecular weight excluding hydrogens is 372 g/mol. The van der Waals surface area contributed by atoms with Gasteiger partial charge >= 0.3 is 6.29 Å². The first-order valence-corrected chi connectivity index (χ1v) is 8.73. The van der Waals surface area contributed by atoms with Crippen molar-refractivity contribution >= 4 is 23.2 Å². The Morgan fingerprint density at radius 3 is 2.61 bits per heavy atom. The number of nitrogens with one attached hydrogen (secondary N) is 3. The Balaban J connectivity index is 1.36. The summed E-state index contributed by atoms with van der Waals surface area (Å²) in [5.41, 5.74) is 1.20. The van der Waals surface area contributed by atoms with Crippen molar-refractivity contribution in [2.24, 2.45) is 0 Å². The largest absolute Gasteiger partial charge is 0.586 e. The van der Waals surface area contributed by atoms with Gasteiger partial charge in [0.05, 0.1) is 17.8 Å². The first-order chi connectivity index (χ1) is 13.4. The number of para-hydroxylation sites is 1. The van der Waals surface area contributed by atoms with Gasteiger partial charge in [-0.25, -0.2) is 0 Å². The van der Waals surface area contributed by atoms with Gasteiger partial charge in [0, 0.05) is 17.8 Å². The maximum Gasteiger partial charge on any atom is 0.586 e. The first-order valence-electron chi connectivity index (χ1n) is 8.73. The second-order valence-electron chi connectivity index (χ2n) is 6.52. The van der Waals surface area contributed by atoms with E-state index in [0.29, 0.717) is 16.9 Å². The number of anilines is 2. The number of ether oxygens (including phenoxy) is 2. The summed E-state index contributed by atoms with van der Waals surface area (Å²) >= 11 is 0. The van der Waals surface area contributed by atoms with Gasteiger partial charge in [-0.05, 0) is 37.1 Å². The summed E-state index contributed by atoms with van der Waals surface area (Å²) in [4.78, 5) is 24.5. The zero-order valence-corrected chi connectivity index (χ0v) is 14.6. The van der Waals surface area contributed by atoms with Crippen LogP contribution in [0.25, 0.3) is 0 Å². The molecule has 0 saturated heterocycles. The Kier molecular flexibility index (Phi) is 4.50. The SMILES string of the molecule is O=C(CNc1ccc2c(c1)OC(F)(F)O2)Nc1ccccc1C(=O)NC1CC1. The van der Waals surface area contributed by atoms with Gasteiger partial charge in [-0.3, -0.25) is 9.59 Å². The second-order valence-corrected chi connectivity index (χ2v) is 6.52. The Morgan fingerprint density at radius 1 is 1.07 bits per heavy atom. The Hall–Kier alpha value is -3.36. The summed E-state index contributed by atoms with van der Waals surface area (Å²) in [5, 5.41) is 8.38. The summed E-state index contributed by atoms with van der Waals surface area (Å²) in [6.45, 7) is -0.130. The van der Waals surface area contributed by atoms with E-state index in [4.69, 9.17) is 0 Å². The van der Waals surface area contributed by atoms with Crippen LogP contribution >= 0.6 is 0 Å². The number of rotatable bonds is 6. The van der Waals surface area contributed by atoms with Crippen LogP contribution < -0.4 is 25.4 Å². The molecule has 0 aromatic heterocycles. The average molecular weight is 389 g/mol. The third-order valence-electron chi connectivity index (χ3n) is 4.21. The van der Waals surface area contributed by atoms with Crippen molar-refractivity contribution < 1.29 is 27.8 Å². The van der Waals surface area contributed by atoms with Gasteiger partial charge in [-0.2, -0.15) is 0 Å². The van der Waals surface area contributed by atoms with Crippen molar-refractivity contribution in [1.82, 2.24) is 5.32 Å². The van der Waals surface area contributed by atoms with E-state index in [-0.39, 0.29) is 30.0 Å². The Labute approximate surface area is 159 Å². The standard InChI is InChI=1S/C19H17F2N3O4/c20-19(21)27-15-8-7-12(9-16(15)28-19)22-10-17(25)24-14-4-2-1-3-13(14)18(26)23-11-5-6-11/h1-4,7-9,11,22H,5-6,10H2,(H,23,26)(H,24,25). The molecular formula is C19H17F2N3O4. The smallest absolute Gasteiger partial charge is 0.395 e. The molecule has 9 heteroatoms. The summed E-state index contributed by atoms with van der Waals surface area (Å²) < 4.78 is 34.8. The molecule has 146 valence electrons. The minimum absolute atomic E-state index is 0.0735. The van der Waals surface area contributed by atoms with E-state index in [0.717, 1.165) is 12.8 Å². The van der Waals surface area contributed by atoms with E-state index in [9.17, 15) is 18.4 Å². The van der Waals surface area contributed by atoms with Gasteiger partial charge in [-0.1, -0.05) is 12.1 Å². The van der Waals surface area contributed by atoms with E-state index in [1.807, 2.05) is 0 Å². The molecule has 7 nitrogen and oxygen atoms in total. The third kappa shape index (κ3) is 4.13. The number of halogens is 2. The fourth-order valence-electron chi connectivity index (χ4n) is 2.72. The lowest BCUT2D eigenvalue weighted by molar-refractivity contribution is -0.286. The average Bonchev–Trinajstić information content (AvgIpc) is 3.40. The topological polar surface area (TPSA) is 88.7 Å². The molecule has 2 amide bonds. The highest BCUT2D eigenvalue weighted by atomic mass is 19.3. The molecule has 3 N–H and O–H groups in total. The molecule has 2 aromatic carbocycles. The van der Waals surface area contributed by atoms with Crippen LogP contribution in [0.5, 0.6) is 11.5 Å². The third-order valence-corrected chi connectivity index (χ3v) is 4.21. The van der Waals surface area contributed by atoms with E-state index in [1.54, 1.807) is 24.3 Å². The van der Waals surface area contributed by atoms with Gasteiger partial charge in [-0.15, -0.1) is 8.78 Å². The number of alkyl halides is 2. The molecule has 1 heterocycles. The highest BCUT2D eigenvalue weighted by Gasteiger charge is 2.43. The quantitative estimate of drug-likeness (QED) is 0.707. The van der Waals surface area contributed by atoms with E-state index in [2.05, 4.69) is 25.4 Å². The van der Waals surface area contributed by atoms with Crippen molar-refractivity contribution in [1.29, 1.82) is 0 Å². The normalized spacial score (nSPS) is 16.4. The van der Waals surface area contributed by atoms with Crippen LogP contribution in [0.4, 0.5) is 20.2 Å². The maximum atomic E-state index is 13.0. The fourth-order valence-corrected chi connectivity index (χ4v) is 2.72. The fraction of sp³-hybridized carbons (Fsp3) is 0.263. The second kappa shape index (κ2) is 6.99. The van der Waals surface area contributed by atoms with E-state index < -0.39 is 12.2 Å². The molecule has 0 bridgehead atoms. The number of carbonyl (C=O) groups is 2. The molecule has 0 radical (unpaired) electrons. The highest BCUT2D eigenvalue weighted by Crippen LogP contribution is 2.42. The van der Waals surface area contributed by atoms with Crippen molar-refractivity contribution in [3.05, 3.63) is 48.0 Å². The zero-order valence-electron chi connectivity index (χ0n) is 14.6. The molecule has 0 unspecified atom stereocenters. The molecule has 1 fully saturated rings. The van der Waals surface area contributed by atoms with E-state index >= 15 is 0 Å². The number of carbonyl (C=O) groups excluding carboxylic acids is 2. The predicted molar refractivity (Wildman–Crippen MR) is 96.7 cm³/mol. The Morgan fingerprint density at radius 2 is 1.82 bits per heavy atom. The maximum absolute atomic E-state index is 13.0. The first kappa shape index (κ1) is 18.0. The minimum atomic E-state index is -3.69. The van der Waals surface area contributed by atoms with Crippen LogP contribution in [0.3, 0.4) is 0 Å². The van der Waals surface area contributed by atoms with E-state index in [1.165, 1.54) is 18.2 Å². The van der Waals surface area contributed by atoms with Crippen molar-refractivity contribution in [3.8, 4) is 11.5 Å². The summed E-state index contributed by atoms with van der Waals surface area (Å²) in [7, 11) is 0. The molecule has 1 aliphatic carbocycles. The molecule has 2 aromatic rings. The van der Waals surface area contributed by atoms with Gasteiger partial charge in [0.1, 0.15) is 0 Å². The lowest BCUT2D eigenvalue weighted by Crippen LogP contribution is -2.28. The molecule has 1 saturated carbocycles. The predicted octanol–water partition coefficient (Wildman–Crippen LogP) is 2.95. The molecule has 2 aliphatic rings. The number of benzene rings is 2. The molecule has 4 rings (SSSR count). The molecule has 28 heavy (non-hydrogen) atoms. The number of hydrogen-bond donors (Lipinski definition) is 3. The molecule has 0 atom stereocenters. The Bertz CT molecular complexity index is 931. The highest BCUT2D eigenvalue weighted by molar-refractivity contribution is 6.04. The van der Waals surface area contributed by atoms with Crippen LogP contribution in [0.2, 0.25) is 0 Å². The summed E-state index contributed by atoms with van der Waals surface area (Å²) in [5.74, 6) is -0.814. The number of fused-ring (bicyclic) bond motifs is 1. The summed E-state index contributed by atoms with van der Waals surface area (Å²) in [6.07, 6.45) is -1.76. The van der Waals surface area contributed by atoms with Crippen LogP contribution in [-0.4, -0.2) is 30.7 Å². The molecule has 0 spiro atoms.